The lowest BCUT2D eigenvalue weighted by Gasteiger charge is -2.27. The van der Waals surface area contributed by atoms with Crippen molar-refractivity contribution in [2.45, 2.75) is 150 Å². The molecule has 356 valence electrons. The third-order valence-corrected chi connectivity index (χ3v) is 12.1. The van der Waals surface area contributed by atoms with Gasteiger partial charge in [-0.05, 0) is 150 Å². The smallest absolute Gasteiger partial charge is 0.149 e. The van der Waals surface area contributed by atoms with E-state index in [4.69, 9.17) is 46.1 Å². The van der Waals surface area contributed by atoms with Crippen LogP contribution in [0.25, 0.3) is 72.7 Å². The molecule has 1 N–H and O–H groups in total. The number of phenols is 1. The van der Waals surface area contributed by atoms with Gasteiger partial charge >= 0.3 is 0 Å². The van der Waals surface area contributed by atoms with Crippen molar-refractivity contribution in [3.8, 4) is 67.5 Å². The molecule has 0 saturated carbocycles. The van der Waals surface area contributed by atoms with Crippen molar-refractivity contribution in [2.75, 3.05) is 0 Å². The van der Waals surface area contributed by atoms with Crippen molar-refractivity contribution in [3.05, 3.63) is 166 Å². The van der Waals surface area contributed by atoms with E-state index in [9.17, 15) is 12.0 Å². The molecule has 8 aromatic rings. The van der Waals surface area contributed by atoms with Crippen LogP contribution in [0.5, 0.6) is 5.75 Å². The summed E-state index contributed by atoms with van der Waals surface area (Å²) < 4.78 is 308. The normalized spacial score (nSPS) is 22.2. The van der Waals surface area contributed by atoms with Gasteiger partial charge in [0.25, 0.3) is 0 Å². The molecular weight excluding hydrogens is 839 g/mol. The molecule has 0 bridgehead atoms. The van der Waals surface area contributed by atoms with E-state index in [1.165, 1.54) is 60.8 Å². The van der Waals surface area contributed by atoms with Crippen LogP contribution in [0.4, 0.5) is 0 Å². The molecule has 0 spiro atoms. The summed E-state index contributed by atoms with van der Waals surface area (Å²) in [4.78, 5) is 9.58. The van der Waals surface area contributed by atoms with E-state index >= 15 is 0 Å². The van der Waals surface area contributed by atoms with Gasteiger partial charge in [0.05, 0.1) is 33.5 Å². The van der Waals surface area contributed by atoms with E-state index in [0.29, 0.717) is 22.8 Å². The summed E-state index contributed by atoms with van der Waals surface area (Å²) in [6, 6.07) is 17.2. The molecule has 0 aliphatic heterocycles. The average Bonchev–Trinajstić information content (AvgIpc) is 0.784. The first kappa shape index (κ1) is 21.8. The van der Waals surface area contributed by atoms with E-state index in [-0.39, 0.29) is 62.2 Å². The minimum absolute atomic E-state index is 0.0209. The minimum atomic E-state index is -4.36. The number of aromatic hydroxyl groups is 1. The Kier molecular flexibility index (Phi) is 5.66. The van der Waals surface area contributed by atoms with Crippen molar-refractivity contribution in [1.82, 2.24) is 14.5 Å². The van der Waals surface area contributed by atoms with E-state index in [1.807, 2.05) is 40.7 Å². The van der Waals surface area contributed by atoms with Crippen LogP contribution in [-0.2, 0) is 21.7 Å². The first-order chi connectivity index (χ1) is 46.6. The number of para-hydroxylation sites is 1. The number of hydrogen-bond acceptors (Lipinski definition) is 3. The highest BCUT2D eigenvalue weighted by atomic mass is 16.3. The van der Waals surface area contributed by atoms with Gasteiger partial charge in [0.1, 0.15) is 11.6 Å². The quantitative estimate of drug-likeness (QED) is 0.165. The summed E-state index contributed by atoms with van der Waals surface area (Å²) in [5.74, 6) is -3.75. The lowest BCUT2D eigenvalue weighted by Crippen LogP contribution is -2.17. The number of aromatic nitrogens is 3. The first-order valence-corrected chi connectivity index (χ1v) is 22.1. The Labute approximate surface area is 463 Å². The largest absolute Gasteiger partial charge is 0.507 e. The number of imidazole rings is 1. The SMILES string of the molecule is [2H]c1c([2H])c(C(C([2H])([2H])[2H])(C([2H])([2H])[2H])C([2H])([2H])[2H])c([2H])c([2H])c1-c1ccnc(-c2cc(-c3cccc4c3nc(-c3cc(C(C([2H])([2H])[2H])(C([2H])([2H])[2H])C([2H])([2H])[2H])cc(C(C([2H])([2H])[2H])(C([2H])([2H])[2H])C([2H])([2H])[2H])c3O)n4-c3ccc(-c4cc(C(C)C)cc(C([2H])(C)C)c4)cc3C([2H])([2H])[2H])cc(C(C)(C)C)c2)c1. The Hall–Kier alpha value is -6.26. The van der Waals surface area contributed by atoms with Crippen molar-refractivity contribution < 1.29 is 53.1 Å². The molecule has 4 nitrogen and oxygen atoms in total. The fourth-order valence-corrected chi connectivity index (χ4v) is 8.17. The highest BCUT2D eigenvalue weighted by Gasteiger charge is 2.29. The lowest BCUT2D eigenvalue weighted by molar-refractivity contribution is 0.446. The number of benzene rings is 6. The standard InChI is InChI=1S/C65H75N3O/c1-39(2)45-30-46(40(3)4)32-47(31-45)43-23-26-57(41(5)29-43)68-58-20-18-19-53(59(58)67-61(68)54-37-52(64(12,13)14)38-55(60(54)69)65(15,16)17)48-33-49(35-51(34-48)63(9,10)11)56-36-44(27-28-66-56)42-21-24-50(25-22-42)62(6,7)8/h18-40,69H,1-17H3/i5D3,6D3,7D3,8D3,12D3,13D3,14D3,15D3,16D3,17D3,21D,22D,24D,25D,39D. The van der Waals surface area contributed by atoms with Gasteiger partial charge in [0.15, 0.2) is 0 Å². The van der Waals surface area contributed by atoms with Gasteiger partial charge in [-0.2, -0.15) is 0 Å². The highest BCUT2D eigenvalue weighted by molar-refractivity contribution is 5.97. The predicted molar refractivity (Wildman–Crippen MR) is 295 cm³/mol. The van der Waals surface area contributed by atoms with Gasteiger partial charge in [-0.15, -0.1) is 0 Å². The molecule has 0 amide bonds. The fraction of sp³-hybridized carbons (Fsp3) is 0.354. The molecule has 0 unspecified atom stereocenters. The second-order valence-corrected chi connectivity index (χ2v) is 19.1. The number of pyridine rings is 1. The van der Waals surface area contributed by atoms with Crippen LogP contribution >= 0.6 is 0 Å². The van der Waals surface area contributed by atoms with Gasteiger partial charge in [-0.3, -0.25) is 9.55 Å². The highest BCUT2D eigenvalue weighted by Crippen LogP contribution is 2.46. The summed E-state index contributed by atoms with van der Waals surface area (Å²) in [5, 5.41) is 13.2. The van der Waals surface area contributed by atoms with E-state index in [0.717, 1.165) is 10.1 Å². The maximum Gasteiger partial charge on any atom is 0.149 e. The van der Waals surface area contributed by atoms with Crippen molar-refractivity contribution >= 4 is 11.0 Å². The van der Waals surface area contributed by atoms with Crippen LogP contribution in [0.1, 0.15) is 209 Å². The number of fused-ring (bicyclic) bond motifs is 1. The van der Waals surface area contributed by atoms with E-state index in [1.54, 1.807) is 38.1 Å². The average molecular weight is 950 g/mol. The van der Waals surface area contributed by atoms with Gasteiger partial charge in [-0.1, -0.05) is 183 Å². The lowest BCUT2D eigenvalue weighted by atomic mass is 9.79. The van der Waals surface area contributed by atoms with Crippen LogP contribution in [0, 0.1) is 6.85 Å². The molecule has 8 rings (SSSR count). The number of nitrogens with zero attached hydrogens (tertiary/aromatic N) is 3. The fourth-order valence-electron chi connectivity index (χ4n) is 8.17. The third-order valence-electron chi connectivity index (χ3n) is 12.1. The number of hydrogen-bond donors (Lipinski definition) is 1. The monoisotopic (exact) mass is 949 g/mol. The Morgan fingerprint density at radius 2 is 1.25 bits per heavy atom. The van der Waals surface area contributed by atoms with Gasteiger partial charge < -0.3 is 5.11 Å². The molecular formula is C65H75N3O. The molecule has 2 heterocycles. The zero-order valence-electron chi connectivity index (χ0n) is 74.2. The van der Waals surface area contributed by atoms with Crippen LogP contribution in [0.2, 0.25) is 0 Å². The summed E-state index contributed by atoms with van der Waals surface area (Å²) in [6.45, 7) is -28.3. The molecule has 0 atom stereocenters. The Morgan fingerprint density at radius 1 is 0.580 bits per heavy atom. The molecule has 4 heteroatoms. The van der Waals surface area contributed by atoms with Gasteiger partial charge in [0.2, 0.25) is 0 Å². The van der Waals surface area contributed by atoms with Crippen molar-refractivity contribution in [1.29, 1.82) is 0 Å². The van der Waals surface area contributed by atoms with Crippen molar-refractivity contribution in [2.24, 2.45) is 0 Å². The zero-order chi connectivity index (χ0) is 79.5. The molecule has 6 aromatic carbocycles. The molecule has 0 fully saturated rings. The Bertz CT molecular complexity index is 4510. The van der Waals surface area contributed by atoms with E-state index in [2.05, 4.69) is 4.98 Å². The Balaban J connectivity index is 1.59. The molecule has 0 saturated heterocycles. The van der Waals surface area contributed by atoms with Crippen LogP contribution in [0.15, 0.2) is 127 Å². The molecule has 2 aromatic heterocycles. The second kappa shape index (κ2) is 17.9. The summed E-state index contributed by atoms with van der Waals surface area (Å²) in [7, 11) is 0. The number of aryl methyl sites for hydroxylation is 1. The van der Waals surface area contributed by atoms with Gasteiger partial charge in [0, 0.05) is 65.4 Å². The summed E-state index contributed by atoms with van der Waals surface area (Å²) >= 11 is 0. The first-order valence-electron chi connectivity index (χ1n) is 39.6. The molecule has 0 aliphatic carbocycles. The number of phenolic OH excluding ortho intramolecular Hbond substituents is 1. The van der Waals surface area contributed by atoms with Gasteiger partial charge in [-0.25, -0.2) is 4.98 Å². The predicted octanol–water partition coefficient (Wildman–Crippen LogP) is 18.2. The molecule has 69 heavy (non-hydrogen) atoms. The summed E-state index contributed by atoms with van der Waals surface area (Å²) in [6.07, 6.45) is 1.21. The van der Waals surface area contributed by atoms with Crippen LogP contribution in [0.3, 0.4) is 0 Å². The topological polar surface area (TPSA) is 50.9 Å². The third kappa shape index (κ3) is 9.96. The number of rotatable bonds is 8. The van der Waals surface area contributed by atoms with Crippen LogP contribution in [-0.4, -0.2) is 19.6 Å². The minimum Gasteiger partial charge on any atom is -0.507 e. The zero-order valence-corrected chi connectivity index (χ0v) is 39.2. The van der Waals surface area contributed by atoms with E-state index < -0.39 is 165 Å². The maximum absolute atomic E-state index is 13.2. The maximum atomic E-state index is 13.2. The second-order valence-electron chi connectivity index (χ2n) is 19.1. The molecule has 0 radical (unpaired) electrons. The summed E-state index contributed by atoms with van der Waals surface area (Å²) in [5.41, 5.74) is -17.9. The molecule has 0 aliphatic rings. The Morgan fingerprint density at radius 3 is 1.91 bits per heavy atom. The van der Waals surface area contributed by atoms with Crippen molar-refractivity contribution in [3.63, 3.8) is 0 Å². The van der Waals surface area contributed by atoms with Crippen LogP contribution < -0.4 is 0 Å².